The molecule has 0 bridgehead atoms. The van der Waals surface area contributed by atoms with Crippen LogP contribution in [0.2, 0.25) is 0 Å². The fourth-order valence-corrected chi connectivity index (χ4v) is 1.30. The second-order valence-corrected chi connectivity index (χ2v) is 3.84. The molecule has 1 aromatic carbocycles. The van der Waals surface area contributed by atoms with Gasteiger partial charge in [-0.15, -0.1) is 0 Å². The summed E-state index contributed by atoms with van der Waals surface area (Å²) >= 11 is 0. The SMILES string of the molecule is O=C(NCc1cccc([N+](=O)[O-])c1)NCC(O)C(=O)O. The predicted octanol–water partition coefficient (Wildman–Crippen LogP) is -0.161. The van der Waals surface area contributed by atoms with Gasteiger partial charge in [-0.3, -0.25) is 10.1 Å². The van der Waals surface area contributed by atoms with E-state index in [1.54, 1.807) is 6.07 Å². The van der Waals surface area contributed by atoms with Gasteiger partial charge in [0.15, 0.2) is 6.10 Å². The molecule has 1 atom stereocenters. The number of aliphatic carboxylic acids is 1. The van der Waals surface area contributed by atoms with Crippen molar-refractivity contribution in [3.63, 3.8) is 0 Å². The Balaban J connectivity index is 2.43. The molecule has 0 aliphatic rings. The number of nitrogens with one attached hydrogen (secondary N) is 2. The molecule has 0 radical (unpaired) electrons. The van der Waals surface area contributed by atoms with Gasteiger partial charge in [0, 0.05) is 18.7 Å². The largest absolute Gasteiger partial charge is 0.479 e. The Morgan fingerprint density at radius 2 is 2.05 bits per heavy atom. The normalized spacial score (nSPS) is 11.4. The first-order valence-corrected chi connectivity index (χ1v) is 5.56. The fraction of sp³-hybridized carbons (Fsp3) is 0.273. The minimum absolute atomic E-state index is 0.0384. The molecule has 20 heavy (non-hydrogen) atoms. The van der Waals surface area contributed by atoms with E-state index >= 15 is 0 Å². The lowest BCUT2D eigenvalue weighted by atomic mass is 10.2. The van der Waals surface area contributed by atoms with Crippen LogP contribution in [0.25, 0.3) is 0 Å². The average molecular weight is 283 g/mol. The quantitative estimate of drug-likeness (QED) is 0.422. The van der Waals surface area contributed by atoms with Crippen molar-refractivity contribution in [3.8, 4) is 0 Å². The van der Waals surface area contributed by atoms with Crippen LogP contribution in [-0.4, -0.2) is 39.8 Å². The topological polar surface area (TPSA) is 142 Å². The molecule has 0 aliphatic carbocycles. The van der Waals surface area contributed by atoms with Crippen molar-refractivity contribution < 1.29 is 24.7 Å². The summed E-state index contributed by atoms with van der Waals surface area (Å²) in [7, 11) is 0. The summed E-state index contributed by atoms with van der Waals surface area (Å²) in [6.45, 7) is -0.396. The van der Waals surface area contributed by atoms with Gasteiger partial charge in [0.2, 0.25) is 0 Å². The van der Waals surface area contributed by atoms with Gasteiger partial charge in [-0.1, -0.05) is 12.1 Å². The summed E-state index contributed by atoms with van der Waals surface area (Å²) in [5.74, 6) is -1.44. The molecule has 1 unspecified atom stereocenters. The van der Waals surface area contributed by atoms with Gasteiger partial charge < -0.3 is 20.8 Å². The molecule has 0 saturated heterocycles. The van der Waals surface area contributed by atoms with E-state index in [1.165, 1.54) is 18.2 Å². The van der Waals surface area contributed by atoms with E-state index in [0.717, 1.165) is 0 Å². The van der Waals surface area contributed by atoms with E-state index in [0.29, 0.717) is 5.56 Å². The number of hydrogen-bond donors (Lipinski definition) is 4. The first kappa shape index (κ1) is 15.4. The van der Waals surface area contributed by atoms with Gasteiger partial charge in [0.05, 0.1) is 11.5 Å². The molecular weight excluding hydrogens is 270 g/mol. The van der Waals surface area contributed by atoms with Crippen LogP contribution in [0.3, 0.4) is 0 Å². The maximum atomic E-state index is 11.3. The fourth-order valence-electron chi connectivity index (χ4n) is 1.30. The maximum Gasteiger partial charge on any atom is 0.334 e. The molecule has 0 saturated carbocycles. The highest BCUT2D eigenvalue weighted by Crippen LogP contribution is 2.12. The summed E-state index contributed by atoms with van der Waals surface area (Å²) in [6.07, 6.45) is -1.68. The molecular formula is C11H13N3O6. The number of benzene rings is 1. The zero-order valence-electron chi connectivity index (χ0n) is 10.3. The van der Waals surface area contributed by atoms with Crippen molar-refractivity contribution in [3.05, 3.63) is 39.9 Å². The number of aliphatic hydroxyl groups is 1. The molecule has 0 spiro atoms. The highest BCUT2D eigenvalue weighted by Gasteiger charge is 2.14. The number of nitro groups is 1. The van der Waals surface area contributed by atoms with Gasteiger partial charge in [-0.25, -0.2) is 9.59 Å². The number of carbonyl (C=O) groups excluding carboxylic acids is 1. The van der Waals surface area contributed by atoms with Crippen LogP contribution >= 0.6 is 0 Å². The summed E-state index contributed by atoms with van der Waals surface area (Å²) in [5, 5.41) is 32.4. The zero-order valence-corrected chi connectivity index (χ0v) is 10.3. The number of urea groups is 1. The van der Waals surface area contributed by atoms with Crippen molar-refractivity contribution in [1.29, 1.82) is 0 Å². The van der Waals surface area contributed by atoms with Crippen molar-refractivity contribution in [2.45, 2.75) is 12.6 Å². The minimum Gasteiger partial charge on any atom is -0.479 e. The number of carboxylic acid groups (broad SMARTS) is 1. The Bertz CT molecular complexity index is 519. The van der Waals surface area contributed by atoms with E-state index in [9.17, 15) is 19.7 Å². The highest BCUT2D eigenvalue weighted by molar-refractivity contribution is 5.76. The van der Waals surface area contributed by atoms with E-state index < -0.39 is 29.6 Å². The van der Waals surface area contributed by atoms with Crippen LogP contribution in [0.4, 0.5) is 10.5 Å². The highest BCUT2D eigenvalue weighted by atomic mass is 16.6. The molecule has 2 amide bonds. The van der Waals surface area contributed by atoms with E-state index in [2.05, 4.69) is 10.6 Å². The number of amides is 2. The number of aliphatic hydroxyl groups excluding tert-OH is 1. The number of nitro benzene ring substituents is 1. The number of carboxylic acids is 1. The summed E-state index contributed by atoms with van der Waals surface area (Å²) < 4.78 is 0. The zero-order chi connectivity index (χ0) is 15.1. The standard InChI is InChI=1S/C11H13N3O6/c15-9(10(16)17)6-13-11(18)12-5-7-2-1-3-8(4-7)14(19)20/h1-4,9,15H,5-6H2,(H,16,17)(H2,12,13,18). The second-order valence-electron chi connectivity index (χ2n) is 3.84. The van der Waals surface area contributed by atoms with Crippen LogP contribution in [0.5, 0.6) is 0 Å². The second kappa shape index (κ2) is 7.04. The van der Waals surface area contributed by atoms with E-state index in [1.807, 2.05) is 0 Å². The van der Waals surface area contributed by atoms with Crippen LogP contribution in [0.15, 0.2) is 24.3 Å². The maximum absolute atomic E-state index is 11.3. The Morgan fingerprint density at radius 3 is 2.65 bits per heavy atom. The number of nitrogens with zero attached hydrogens (tertiary/aromatic N) is 1. The van der Waals surface area contributed by atoms with E-state index in [4.69, 9.17) is 10.2 Å². The lowest BCUT2D eigenvalue weighted by molar-refractivity contribution is -0.384. The third kappa shape index (κ3) is 4.90. The van der Waals surface area contributed by atoms with Crippen LogP contribution < -0.4 is 10.6 Å². The van der Waals surface area contributed by atoms with Crippen molar-refractivity contribution in [1.82, 2.24) is 10.6 Å². The van der Waals surface area contributed by atoms with Gasteiger partial charge in [-0.2, -0.15) is 0 Å². The Hall–Kier alpha value is -2.68. The number of hydrogen-bond acceptors (Lipinski definition) is 5. The Morgan fingerprint density at radius 1 is 1.35 bits per heavy atom. The number of carbonyl (C=O) groups is 2. The molecule has 4 N–H and O–H groups in total. The lowest BCUT2D eigenvalue weighted by Crippen LogP contribution is -2.41. The van der Waals surface area contributed by atoms with E-state index in [-0.39, 0.29) is 12.2 Å². The summed E-state index contributed by atoms with van der Waals surface area (Å²) in [5.41, 5.74) is 0.430. The van der Waals surface area contributed by atoms with Crippen molar-refractivity contribution in [2.75, 3.05) is 6.54 Å². The van der Waals surface area contributed by atoms with Gasteiger partial charge in [0.25, 0.3) is 5.69 Å². The molecule has 1 rings (SSSR count). The van der Waals surface area contributed by atoms with Crippen LogP contribution in [-0.2, 0) is 11.3 Å². The molecule has 108 valence electrons. The first-order chi connectivity index (χ1) is 9.40. The molecule has 9 heteroatoms. The van der Waals surface area contributed by atoms with Crippen LogP contribution in [0, 0.1) is 10.1 Å². The van der Waals surface area contributed by atoms with Crippen molar-refractivity contribution in [2.24, 2.45) is 0 Å². The molecule has 0 fully saturated rings. The Labute approximate surface area is 113 Å². The van der Waals surface area contributed by atoms with Gasteiger partial charge >= 0.3 is 12.0 Å². The van der Waals surface area contributed by atoms with Gasteiger partial charge in [0.1, 0.15) is 0 Å². The average Bonchev–Trinajstić information content (AvgIpc) is 2.42. The number of rotatable bonds is 6. The minimum atomic E-state index is -1.68. The molecule has 0 aromatic heterocycles. The number of non-ortho nitro benzene ring substituents is 1. The van der Waals surface area contributed by atoms with Crippen LogP contribution in [0.1, 0.15) is 5.56 Å². The smallest absolute Gasteiger partial charge is 0.334 e. The molecule has 0 aliphatic heterocycles. The third-order valence-corrected chi connectivity index (χ3v) is 2.32. The third-order valence-electron chi connectivity index (χ3n) is 2.32. The molecule has 0 heterocycles. The Kier molecular flexibility index (Phi) is 5.42. The molecule has 1 aromatic rings. The van der Waals surface area contributed by atoms with Crippen molar-refractivity contribution >= 4 is 17.7 Å². The predicted molar refractivity (Wildman–Crippen MR) is 67.0 cm³/mol. The monoisotopic (exact) mass is 283 g/mol. The summed E-state index contributed by atoms with van der Waals surface area (Å²) in [6, 6.07) is 5.04. The first-order valence-electron chi connectivity index (χ1n) is 5.56. The molecule has 9 nitrogen and oxygen atoms in total. The lowest BCUT2D eigenvalue weighted by Gasteiger charge is -2.09. The van der Waals surface area contributed by atoms with Gasteiger partial charge in [-0.05, 0) is 5.56 Å². The summed E-state index contributed by atoms with van der Waals surface area (Å²) in [4.78, 5) is 31.6.